The molecule has 0 aliphatic rings. The lowest BCUT2D eigenvalue weighted by Crippen LogP contribution is -1.46. The van der Waals surface area contributed by atoms with Crippen molar-refractivity contribution < 1.29 is 0 Å². The van der Waals surface area contributed by atoms with Crippen LogP contribution in [0.3, 0.4) is 0 Å². The van der Waals surface area contributed by atoms with Gasteiger partial charge in [0.25, 0.3) is 0 Å². The van der Waals surface area contributed by atoms with Gasteiger partial charge in [0, 0.05) is 0 Å². The summed E-state index contributed by atoms with van der Waals surface area (Å²) in [4.78, 5) is 0. The molecular formula is C10H18. The van der Waals surface area contributed by atoms with E-state index in [1.165, 1.54) is 0 Å². The Labute approximate surface area is 65.0 Å². The molecule has 0 heterocycles. The Morgan fingerprint density at radius 1 is 0.600 bits per heavy atom. The molecule has 0 bridgehead atoms. The summed E-state index contributed by atoms with van der Waals surface area (Å²) in [5.74, 6) is 0. The molecule has 0 aliphatic heterocycles. The third-order valence-corrected chi connectivity index (χ3v) is 0.718. The molecule has 0 saturated carbocycles. The van der Waals surface area contributed by atoms with Crippen molar-refractivity contribution >= 4 is 0 Å². The Morgan fingerprint density at radius 2 is 0.900 bits per heavy atom. The summed E-state index contributed by atoms with van der Waals surface area (Å²) in [6.45, 7) is 8.00. The van der Waals surface area contributed by atoms with E-state index in [0.29, 0.717) is 0 Å². The molecule has 58 valence electrons. The molecule has 0 aliphatic carbocycles. The molecule has 0 rings (SSSR count). The van der Waals surface area contributed by atoms with Gasteiger partial charge in [0.05, 0.1) is 0 Å². The highest BCUT2D eigenvalue weighted by molar-refractivity contribution is 5.09. The van der Waals surface area contributed by atoms with Gasteiger partial charge in [-0.3, -0.25) is 0 Å². The molecule has 0 heteroatoms. The molecule has 0 unspecified atom stereocenters. The molecule has 0 N–H and O–H groups in total. The van der Waals surface area contributed by atoms with Crippen LogP contribution in [0.25, 0.3) is 0 Å². The predicted octanol–water partition coefficient (Wildman–Crippen LogP) is 3.72. The zero-order chi connectivity index (χ0) is 8.24. The number of rotatable bonds is 2. The minimum absolute atomic E-state index is 2.00. The number of hydrogen-bond donors (Lipinski definition) is 0. The maximum atomic E-state index is 2.00. The molecule has 0 aromatic heterocycles. The standard InChI is InChI=1S/C8H12.C2H6/c1-3-5-7-8-6-4-2;1-2/h3-8H,1-2H3;1-2H3/b5-3+,6-4+,8-7-;. The lowest BCUT2D eigenvalue weighted by molar-refractivity contribution is 1.50. The fraction of sp³-hybridized carbons (Fsp3) is 0.400. The van der Waals surface area contributed by atoms with Crippen molar-refractivity contribution in [1.29, 1.82) is 0 Å². The van der Waals surface area contributed by atoms with Crippen molar-refractivity contribution in [2.45, 2.75) is 27.7 Å². The van der Waals surface area contributed by atoms with Crippen LogP contribution in [0.5, 0.6) is 0 Å². The Balaban J connectivity index is 0. The van der Waals surface area contributed by atoms with Crippen LogP contribution < -0.4 is 0 Å². The highest BCUT2D eigenvalue weighted by Gasteiger charge is 1.55. The summed E-state index contributed by atoms with van der Waals surface area (Å²) in [7, 11) is 0. The largest absolute Gasteiger partial charge is 0.0877 e. The third kappa shape index (κ3) is 15.7. The Bertz CT molecular complexity index is 91.2. The van der Waals surface area contributed by atoms with Crippen molar-refractivity contribution in [3.8, 4) is 0 Å². The van der Waals surface area contributed by atoms with Crippen LogP contribution in [0.2, 0.25) is 0 Å². The highest BCUT2D eigenvalue weighted by Crippen LogP contribution is 1.77. The van der Waals surface area contributed by atoms with Crippen LogP contribution >= 0.6 is 0 Å². The van der Waals surface area contributed by atoms with E-state index in [2.05, 4.69) is 0 Å². The average Bonchev–Trinajstić information content (AvgIpc) is 2.02. The first-order valence-corrected chi connectivity index (χ1v) is 3.82. The fourth-order valence-corrected chi connectivity index (χ4v) is 0.351. The predicted molar refractivity (Wildman–Crippen MR) is 50.1 cm³/mol. The number of hydrogen-bond acceptors (Lipinski definition) is 0. The maximum Gasteiger partial charge on any atom is -0.0467 e. The summed E-state index contributed by atoms with van der Waals surface area (Å²) < 4.78 is 0. The van der Waals surface area contributed by atoms with E-state index in [-0.39, 0.29) is 0 Å². The molecule has 0 amide bonds. The molecular weight excluding hydrogens is 120 g/mol. The van der Waals surface area contributed by atoms with Crippen molar-refractivity contribution in [3.05, 3.63) is 36.5 Å². The summed E-state index contributed by atoms with van der Waals surface area (Å²) in [5, 5.41) is 0. The van der Waals surface area contributed by atoms with Gasteiger partial charge < -0.3 is 0 Å². The summed E-state index contributed by atoms with van der Waals surface area (Å²) >= 11 is 0. The smallest absolute Gasteiger partial charge is 0.0467 e. The van der Waals surface area contributed by atoms with Crippen molar-refractivity contribution in [2.24, 2.45) is 0 Å². The molecule has 0 saturated heterocycles. The minimum Gasteiger partial charge on any atom is -0.0877 e. The van der Waals surface area contributed by atoms with Crippen molar-refractivity contribution in [3.63, 3.8) is 0 Å². The molecule has 0 spiro atoms. The quantitative estimate of drug-likeness (QED) is 0.510. The van der Waals surface area contributed by atoms with E-state index in [0.717, 1.165) is 0 Å². The molecule has 0 atom stereocenters. The third-order valence-electron chi connectivity index (χ3n) is 0.718. The molecule has 0 nitrogen and oxygen atoms in total. The van der Waals surface area contributed by atoms with E-state index in [1.54, 1.807) is 0 Å². The van der Waals surface area contributed by atoms with E-state index in [1.807, 2.05) is 64.2 Å². The van der Waals surface area contributed by atoms with Gasteiger partial charge in [-0.05, 0) is 13.8 Å². The monoisotopic (exact) mass is 138 g/mol. The van der Waals surface area contributed by atoms with Crippen LogP contribution in [-0.2, 0) is 0 Å². The second kappa shape index (κ2) is 15.7. The van der Waals surface area contributed by atoms with Gasteiger partial charge >= 0.3 is 0 Å². The lowest BCUT2D eigenvalue weighted by atomic mass is 10.4. The van der Waals surface area contributed by atoms with Crippen LogP contribution in [0.4, 0.5) is 0 Å². The van der Waals surface area contributed by atoms with Crippen molar-refractivity contribution in [1.82, 2.24) is 0 Å². The van der Waals surface area contributed by atoms with Crippen molar-refractivity contribution in [2.75, 3.05) is 0 Å². The van der Waals surface area contributed by atoms with Gasteiger partial charge in [-0.2, -0.15) is 0 Å². The molecule has 10 heavy (non-hydrogen) atoms. The topological polar surface area (TPSA) is 0 Å². The minimum atomic E-state index is 2.00. The van der Waals surface area contributed by atoms with Gasteiger partial charge in [-0.15, -0.1) is 0 Å². The maximum absolute atomic E-state index is 2.00. The van der Waals surface area contributed by atoms with Crippen LogP contribution in [-0.4, -0.2) is 0 Å². The molecule has 0 fully saturated rings. The highest BCUT2D eigenvalue weighted by atomic mass is 13.6. The second-order valence-corrected chi connectivity index (χ2v) is 1.44. The molecule has 0 aromatic rings. The zero-order valence-corrected chi connectivity index (χ0v) is 7.46. The van der Waals surface area contributed by atoms with E-state index >= 15 is 0 Å². The van der Waals surface area contributed by atoms with E-state index in [9.17, 15) is 0 Å². The van der Waals surface area contributed by atoms with Crippen LogP contribution in [0.1, 0.15) is 27.7 Å². The zero-order valence-electron chi connectivity index (χ0n) is 7.46. The van der Waals surface area contributed by atoms with E-state index in [4.69, 9.17) is 0 Å². The van der Waals surface area contributed by atoms with E-state index < -0.39 is 0 Å². The first kappa shape index (κ1) is 12.0. The van der Waals surface area contributed by atoms with Gasteiger partial charge in [0.15, 0.2) is 0 Å². The van der Waals surface area contributed by atoms with Crippen LogP contribution in [0.15, 0.2) is 36.5 Å². The lowest BCUT2D eigenvalue weighted by Gasteiger charge is -1.68. The SMILES string of the molecule is C/C=C/C=C\C=C\C.CC. The first-order valence-electron chi connectivity index (χ1n) is 3.82. The van der Waals surface area contributed by atoms with Gasteiger partial charge in [-0.1, -0.05) is 50.3 Å². The fourth-order valence-electron chi connectivity index (χ4n) is 0.351. The normalized spacial score (nSPS) is 10.8. The van der Waals surface area contributed by atoms with Gasteiger partial charge in [0.1, 0.15) is 0 Å². The second-order valence-electron chi connectivity index (χ2n) is 1.44. The Morgan fingerprint density at radius 3 is 1.10 bits per heavy atom. The summed E-state index contributed by atoms with van der Waals surface area (Å²) in [6.07, 6.45) is 12.0. The van der Waals surface area contributed by atoms with Crippen LogP contribution in [0, 0.1) is 0 Å². The summed E-state index contributed by atoms with van der Waals surface area (Å²) in [6, 6.07) is 0. The molecule has 0 aromatic carbocycles. The Hall–Kier alpha value is -0.780. The Kier molecular flexibility index (Phi) is 18.8. The van der Waals surface area contributed by atoms with Gasteiger partial charge in [-0.25, -0.2) is 0 Å². The first-order chi connectivity index (χ1) is 4.91. The average molecular weight is 138 g/mol. The number of allylic oxidation sites excluding steroid dienone is 6. The summed E-state index contributed by atoms with van der Waals surface area (Å²) in [5.41, 5.74) is 0. The van der Waals surface area contributed by atoms with Gasteiger partial charge in [0.2, 0.25) is 0 Å². The molecule has 0 radical (unpaired) electrons.